The molecule has 376 valence electrons. The van der Waals surface area contributed by atoms with Crippen LogP contribution >= 0.6 is 0 Å². The maximum absolute atomic E-state index is 6.69. The molecule has 0 aliphatic carbocycles. The summed E-state index contributed by atoms with van der Waals surface area (Å²) in [7, 11) is 1.73. The molecule has 3 aromatic carbocycles. The lowest BCUT2D eigenvalue weighted by Crippen LogP contribution is -2.08. The van der Waals surface area contributed by atoms with Crippen molar-refractivity contribution >= 4 is 18.2 Å². The molecular weight excluding hydrogens is 825 g/mol. The van der Waals surface area contributed by atoms with E-state index in [-0.39, 0.29) is 0 Å². The van der Waals surface area contributed by atoms with Crippen LogP contribution < -0.4 is 23.7 Å². The van der Waals surface area contributed by atoms with Crippen LogP contribution in [-0.4, -0.2) is 26.9 Å². The van der Waals surface area contributed by atoms with Gasteiger partial charge in [0.05, 0.1) is 26.9 Å². The van der Waals surface area contributed by atoms with E-state index in [1.54, 1.807) is 7.11 Å². The highest BCUT2D eigenvalue weighted by Crippen LogP contribution is 2.40. The van der Waals surface area contributed by atoms with Gasteiger partial charge >= 0.3 is 0 Å². The number of hydrogen-bond acceptors (Lipinski definition) is 5. The topological polar surface area (TPSA) is 46.2 Å². The molecule has 3 aromatic rings. The monoisotopic (exact) mass is 923 g/mol. The van der Waals surface area contributed by atoms with Crippen LogP contribution in [-0.2, 0) is 6.61 Å². The van der Waals surface area contributed by atoms with Crippen molar-refractivity contribution in [2.75, 3.05) is 26.9 Å². The zero-order chi connectivity index (χ0) is 47.8. The van der Waals surface area contributed by atoms with Gasteiger partial charge in [0.1, 0.15) is 18.1 Å². The molecule has 0 fully saturated rings. The summed E-state index contributed by atoms with van der Waals surface area (Å²) in [4.78, 5) is 0. The summed E-state index contributed by atoms with van der Waals surface area (Å²) >= 11 is 0. The minimum atomic E-state index is 0.380. The van der Waals surface area contributed by atoms with Crippen molar-refractivity contribution in [3.05, 3.63) is 82.4 Å². The summed E-state index contributed by atoms with van der Waals surface area (Å²) in [6.07, 6.45) is 47.3. The van der Waals surface area contributed by atoms with Gasteiger partial charge in [-0.15, -0.1) is 0 Å². The van der Waals surface area contributed by atoms with Crippen LogP contribution in [0.15, 0.2) is 54.6 Å². The third kappa shape index (κ3) is 26.5. The Kier molecular flexibility index (Phi) is 33.5. The zero-order valence-corrected chi connectivity index (χ0v) is 44.0. The Morgan fingerprint density at radius 2 is 0.776 bits per heavy atom. The predicted octanol–water partition coefficient (Wildman–Crippen LogP) is 19.7. The minimum absolute atomic E-state index is 0.380. The van der Waals surface area contributed by atoms with Crippen LogP contribution in [0.3, 0.4) is 0 Å². The molecule has 0 unspecified atom stereocenters. The van der Waals surface area contributed by atoms with E-state index in [1.165, 1.54) is 179 Å². The van der Waals surface area contributed by atoms with Gasteiger partial charge in [0.2, 0.25) is 5.75 Å². The van der Waals surface area contributed by atoms with Crippen molar-refractivity contribution in [1.29, 1.82) is 0 Å². The van der Waals surface area contributed by atoms with Crippen LogP contribution in [0.5, 0.6) is 28.7 Å². The van der Waals surface area contributed by atoms with Crippen LogP contribution in [0.1, 0.15) is 248 Å². The second-order valence-corrected chi connectivity index (χ2v) is 19.2. The summed E-state index contributed by atoms with van der Waals surface area (Å²) in [5, 5.41) is 0. The average Bonchev–Trinajstić information content (AvgIpc) is 3.34. The van der Waals surface area contributed by atoms with Gasteiger partial charge in [-0.1, -0.05) is 243 Å². The van der Waals surface area contributed by atoms with Crippen molar-refractivity contribution < 1.29 is 23.7 Å². The van der Waals surface area contributed by atoms with Gasteiger partial charge in [0, 0.05) is 5.56 Å². The van der Waals surface area contributed by atoms with Crippen molar-refractivity contribution in [3.63, 3.8) is 0 Å². The van der Waals surface area contributed by atoms with E-state index in [9.17, 15) is 0 Å². The number of allylic oxidation sites excluding steroid dienone is 1. The van der Waals surface area contributed by atoms with E-state index in [4.69, 9.17) is 23.7 Å². The first-order chi connectivity index (χ1) is 33.0. The highest BCUT2D eigenvalue weighted by atomic mass is 16.5. The molecule has 5 nitrogen and oxygen atoms in total. The average molecular weight is 923 g/mol. The molecule has 0 heterocycles. The first-order valence-electron chi connectivity index (χ1n) is 27.8. The molecule has 0 saturated heterocycles. The molecule has 3 rings (SSSR count). The van der Waals surface area contributed by atoms with Crippen molar-refractivity contribution in [2.24, 2.45) is 0 Å². The molecule has 5 heteroatoms. The molecule has 0 aliphatic heterocycles. The van der Waals surface area contributed by atoms with Gasteiger partial charge in [-0.2, -0.15) is 0 Å². The zero-order valence-electron chi connectivity index (χ0n) is 44.0. The Morgan fingerprint density at radius 3 is 1.18 bits per heavy atom. The molecule has 0 spiro atoms. The second-order valence-electron chi connectivity index (χ2n) is 19.2. The fourth-order valence-corrected chi connectivity index (χ4v) is 8.78. The van der Waals surface area contributed by atoms with Crippen LogP contribution in [0.25, 0.3) is 18.2 Å². The SMILES string of the molecule is CC=Cc1ccc(C=Cc2cc(OCc3cc(OCCCCCCCCCCCC)c(OCCCCCCCCCCCC)c(OCCCCCCCCCCCC)c3)c(C)cc2OC)cc1. The number of unbranched alkanes of at least 4 members (excludes halogenated alkanes) is 27. The van der Waals surface area contributed by atoms with Crippen LogP contribution in [0.2, 0.25) is 0 Å². The number of rotatable bonds is 43. The Balaban J connectivity index is 1.76. The van der Waals surface area contributed by atoms with Gasteiger partial charge in [-0.3, -0.25) is 0 Å². The van der Waals surface area contributed by atoms with Crippen molar-refractivity contribution in [3.8, 4) is 28.7 Å². The van der Waals surface area contributed by atoms with E-state index in [1.807, 2.05) is 6.92 Å². The van der Waals surface area contributed by atoms with Gasteiger partial charge in [-0.05, 0) is 79.6 Å². The van der Waals surface area contributed by atoms with Gasteiger partial charge < -0.3 is 23.7 Å². The first kappa shape index (κ1) is 57.5. The van der Waals surface area contributed by atoms with Crippen LogP contribution in [0.4, 0.5) is 0 Å². The van der Waals surface area contributed by atoms with Gasteiger partial charge in [-0.25, -0.2) is 0 Å². The number of ether oxygens (including phenoxy) is 5. The lowest BCUT2D eigenvalue weighted by Gasteiger charge is -2.20. The maximum Gasteiger partial charge on any atom is 0.203 e. The molecule has 0 saturated carbocycles. The van der Waals surface area contributed by atoms with Crippen molar-refractivity contribution in [2.45, 2.75) is 234 Å². The van der Waals surface area contributed by atoms with Crippen molar-refractivity contribution in [1.82, 2.24) is 0 Å². The number of hydrogen-bond donors (Lipinski definition) is 0. The third-order valence-corrected chi connectivity index (χ3v) is 13.0. The highest BCUT2D eigenvalue weighted by Gasteiger charge is 2.18. The predicted molar refractivity (Wildman–Crippen MR) is 291 cm³/mol. The molecule has 0 aliphatic rings. The van der Waals surface area contributed by atoms with E-state index in [2.05, 4.69) is 101 Å². The first-order valence-corrected chi connectivity index (χ1v) is 27.8. The summed E-state index contributed by atoms with van der Waals surface area (Å²) in [6, 6.07) is 17.0. The minimum Gasteiger partial charge on any atom is -0.496 e. The normalized spacial score (nSPS) is 11.6. The van der Waals surface area contributed by atoms with E-state index in [0.29, 0.717) is 26.4 Å². The van der Waals surface area contributed by atoms with Crippen LogP contribution in [0, 0.1) is 6.92 Å². The molecule has 0 N–H and O–H groups in total. The molecule has 0 amide bonds. The Bertz CT molecular complexity index is 1660. The van der Waals surface area contributed by atoms with E-state index in [0.717, 1.165) is 70.3 Å². The Hall–Kier alpha value is -3.86. The summed E-state index contributed by atoms with van der Waals surface area (Å²) in [5.41, 5.74) is 5.32. The fourth-order valence-electron chi connectivity index (χ4n) is 8.78. The summed E-state index contributed by atoms with van der Waals surface area (Å²) in [5.74, 6) is 3.95. The highest BCUT2D eigenvalue weighted by molar-refractivity contribution is 5.74. The fraction of sp³-hybridized carbons (Fsp3) is 0.645. The number of benzene rings is 3. The lowest BCUT2D eigenvalue weighted by atomic mass is 10.1. The number of aryl methyl sites for hydroxylation is 1. The maximum atomic E-state index is 6.69. The Morgan fingerprint density at radius 1 is 0.388 bits per heavy atom. The molecular formula is C62H98O5. The largest absolute Gasteiger partial charge is 0.496 e. The second kappa shape index (κ2) is 39.0. The standard InChI is InChI=1S/C62H98O5/c1-7-11-14-17-20-23-26-29-32-35-45-64-60-49-56(52-67-58-51-57(59(63-6)48-53(58)5)44-43-55-41-39-54(38-10-4)40-42-55)50-61(65-46-36-33-30-27-24-21-18-15-12-8-2)62(60)66-47-37-34-31-28-25-22-19-16-13-9-3/h10,38-44,48-51H,7-9,11-37,45-47,52H2,1-6H3. The Labute approximate surface area is 412 Å². The van der Waals surface area contributed by atoms with Gasteiger partial charge in [0.25, 0.3) is 0 Å². The van der Waals surface area contributed by atoms with Gasteiger partial charge in [0.15, 0.2) is 11.5 Å². The quantitative estimate of drug-likeness (QED) is 0.0418. The van der Waals surface area contributed by atoms with E-state index >= 15 is 0 Å². The van der Waals surface area contributed by atoms with E-state index < -0.39 is 0 Å². The lowest BCUT2D eigenvalue weighted by molar-refractivity contribution is 0.232. The molecule has 0 aromatic heterocycles. The summed E-state index contributed by atoms with van der Waals surface area (Å²) in [6.45, 7) is 13.4. The number of methoxy groups -OCH3 is 1. The molecule has 0 bridgehead atoms. The molecule has 0 atom stereocenters. The smallest absolute Gasteiger partial charge is 0.203 e. The summed E-state index contributed by atoms with van der Waals surface area (Å²) < 4.78 is 32.5. The third-order valence-electron chi connectivity index (χ3n) is 13.0. The molecule has 67 heavy (non-hydrogen) atoms. The molecule has 0 radical (unpaired) electrons.